The molecule has 94 valence electrons. The Hall–Kier alpha value is 0.387. The van der Waals surface area contributed by atoms with Gasteiger partial charge in [-0.15, -0.1) is 0 Å². The lowest BCUT2D eigenvalue weighted by molar-refractivity contribution is -0.137. The summed E-state index contributed by atoms with van der Waals surface area (Å²) in [6.45, 7) is 2.37. The molecule has 0 rings (SSSR count). The quantitative estimate of drug-likeness (QED) is 0.204. The molecule has 0 bridgehead atoms. The highest BCUT2D eigenvalue weighted by Gasteiger charge is 1.99. The number of ether oxygens (including phenoxy) is 1. The van der Waals surface area contributed by atoms with Gasteiger partial charge < -0.3 is 4.74 Å². The van der Waals surface area contributed by atoms with Crippen LogP contribution < -0.4 is 0 Å². The van der Waals surface area contributed by atoms with Crippen LogP contribution in [0.25, 0.3) is 0 Å². The molecule has 0 atom stereocenters. The zero-order valence-corrected chi connectivity index (χ0v) is 14.3. The van der Waals surface area contributed by atoms with Gasteiger partial charge in [0.15, 0.2) is 0 Å². The fourth-order valence-electron chi connectivity index (χ4n) is 1.29. The van der Waals surface area contributed by atoms with Crippen LogP contribution in [0.2, 0.25) is 6.04 Å². The molecule has 0 N–H and O–H groups in total. The van der Waals surface area contributed by atoms with E-state index >= 15 is 0 Å². The molecule has 0 unspecified atom stereocenters. The fourth-order valence-corrected chi connectivity index (χ4v) is 4.18. The smallest absolute Gasteiger partial charge is 0.330 e. The Balaban J connectivity index is 3.13. The van der Waals surface area contributed by atoms with Crippen LogP contribution in [0.5, 0.6) is 0 Å². The Bertz CT molecular complexity index is 208. The zero-order chi connectivity index (χ0) is 12.2. The summed E-state index contributed by atoms with van der Waals surface area (Å²) in [6.07, 6.45) is 7.86. The largest absolute Gasteiger partial charge is 0.463 e. The highest BCUT2D eigenvalue weighted by molar-refractivity contribution is 9.25. The van der Waals surface area contributed by atoms with Crippen LogP contribution in [-0.4, -0.2) is 25.5 Å². The molecule has 0 aromatic carbocycles. The summed E-state index contributed by atoms with van der Waals surface area (Å²) in [4.78, 5) is 10.9. The number of alkyl halides is 2. The van der Waals surface area contributed by atoms with Crippen molar-refractivity contribution in [3.63, 3.8) is 0 Å². The molecule has 0 aliphatic heterocycles. The van der Waals surface area contributed by atoms with E-state index in [4.69, 9.17) is 4.74 Å². The normalized spacial score (nSPS) is 12.0. The minimum Gasteiger partial charge on any atom is -0.463 e. The summed E-state index contributed by atoms with van der Waals surface area (Å²) in [5.41, 5.74) is 0. The first kappa shape index (κ1) is 16.4. The number of esters is 1. The van der Waals surface area contributed by atoms with E-state index in [0.717, 1.165) is 12.8 Å². The number of carbonyl (C=O) groups is 1. The number of hydrogen-bond acceptors (Lipinski definition) is 2. The molecule has 0 saturated heterocycles. The Labute approximate surface area is 117 Å². The average Bonchev–Trinajstić information content (AvgIpc) is 2.22. The summed E-state index contributed by atoms with van der Waals surface area (Å²) < 4.78 is 5.58. The van der Waals surface area contributed by atoms with Crippen molar-refractivity contribution in [3.05, 3.63) is 12.2 Å². The minimum atomic E-state index is -0.226. The molecule has 2 nitrogen and oxygen atoms in total. The van der Waals surface area contributed by atoms with Crippen LogP contribution in [0.15, 0.2) is 12.2 Å². The van der Waals surface area contributed by atoms with Gasteiger partial charge in [-0.05, 0) is 13.3 Å². The second-order valence-corrected chi connectivity index (χ2v) is 11.5. The Morgan fingerprint density at radius 1 is 1.31 bits per heavy atom. The summed E-state index contributed by atoms with van der Waals surface area (Å²) in [5, 5.41) is 0. The maximum Gasteiger partial charge on any atom is 0.330 e. The molecule has 0 aliphatic carbocycles. The highest BCUT2D eigenvalue weighted by Crippen LogP contribution is 2.10. The van der Waals surface area contributed by atoms with Gasteiger partial charge in [-0.2, -0.15) is 0 Å². The molecule has 0 aliphatic rings. The molecule has 0 aromatic rings. The fraction of sp³-hybridized carbons (Fsp3) is 0.727. The minimum absolute atomic E-state index is 0.0256. The molecule has 0 aromatic heterocycles. The molecule has 0 spiro atoms. The summed E-state index contributed by atoms with van der Waals surface area (Å²) >= 11 is 7.03. The van der Waals surface area contributed by atoms with E-state index in [9.17, 15) is 4.79 Å². The lowest BCUT2D eigenvalue weighted by Gasteiger charge is -2.03. The number of halogens is 2. The second-order valence-electron chi connectivity index (χ2n) is 3.62. The van der Waals surface area contributed by atoms with Crippen molar-refractivity contribution in [2.75, 3.05) is 6.61 Å². The summed E-state index contributed by atoms with van der Waals surface area (Å²) in [5.74, 6) is -0.226. The van der Waals surface area contributed by atoms with E-state index in [0.29, 0.717) is 9.97 Å². The van der Waals surface area contributed by atoms with Crippen LogP contribution in [0.3, 0.4) is 0 Å². The highest BCUT2D eigenvalue weighted by atomic mass is 79.9. The molecular weight excluding hydrogens is 352 g/mol. The second kappa shape index (κ2) is 11.9. The first-order valence-electron chi connectivity index (χ1n) is 5.74. The maximum atomic E-state index is 10.9. The molecule has 0 radical (unpaired) electrons. The molecular formula is C11H20Br2O2Si. The van der Waals surface area contributed by atoms with Gasteiger partial charge in [0.2, 0.25) is 0 Å². The lowest BCUT2D eigenvalue weighted by Crippen LogP contribution is -2.02. The Morgan fingerprint density at radius 3 is 2.62 bits per heavy atom. The molecule has 0 amide bonds. The van der Waals surface area contributed by atoms with Crippen molar-refractivity contribution in [1.29, 1.82) is 0 Å². The summed E-state index contributed by atoms with van der Waals surface area (Å²) in [7, 11) is 0.0256. The van der Waals surface area contributed by atoms with Crippen molar-refractivity contribution in [1.82, 2.24) is 0 Å². The van der Waals surface area contributed by atoms with E-state index in [-0.39, 0.29) is 15.5 Å². The first-order chi connectivity index (χ1) is 7.66. The SMILES string of the molecule is CC=CC(=O)OCCCCCC[SiH2]C(Br)Br. The van der Waals surface area contributed by atoms with Crippen LogP contribution in [0.1, 0.15) is 32.6 Å². The predicted octanol–water partition coefficient (Wildman–Crippen LogP) is 3.33. The van der Waals surface area contributed by atoms with Crippen molar-refractivity contribution in [2.24, 2.45) is 0 Å². The van der Waals surface area contributed by atoms with Gasteiger partial charge in [0, 0.05) is 15.6 Å². The van der Waals surface area contributed by atoms with E-state index in [1.165, 1.54) is 25.0 Å². The maximum absolute atomic E-state index is 10.9. The predicted molar refractivity (Wildman–Crippen MR) is 79.2 cm³/mol. The number of unbranched alkanes of at least 4 members (excludes halogenated alkanes) is 3. The Kier molecular flexibility index (Phi) is 12.1. The lowest BCUT2D eigenvalue weighted by atomic mass is 10.2. The number of hydrogen-bond donors (Lipinski definition) is 0. The third-order valence-corrected chi connectivity index (χ3v) is 6.21. The third-order valence-electron chi connectivity index (χ3n) is 2.11. The molecule has 16 heavy (non-hydrogen) atoms. The number of carbonyl (C=O) groups excluding carboxylic acids is 1. The Morgan fingerprint density at radius 2 is 2.00 bits per heavy atom. The van der Waals surface area contributed by atoms with Gasteiger partial charge in [-0.1, -0.05) is 63.2 Å². The molecule has 0 fully saturated rings. The van der Waals surface area contributed by atoms with E-state index in [1.54, 1.807) is 6.08 Å². The number of allylic oxidation sites excluding steroid dienone is 1. The zero-order valence-electron chi connectivity index (χ0n) is 9.75. The van der Waals surface area contributed by atoms with Crippen LogP contribution in [0, 0.1) is 0 Å². The van der Waals surface area contributed by atoms with Gasteiger partial charge in [-0.25, -0.2) is 4.79 Å². The van der Waals surface area contributed by atoms with Crippen molar-refractivity contribution in [2.45, 2.75) is 42.0 Å². The van der Waals surface area contributed by atoms with Gasteiger partial charge in [-0.3, -0.25) is 0 Å². The van der Waals surface area contributed by atoms with Crippen LogP contribution in [0.4, 0.5) is 0 Å². The van der Waals surface area contributed by atoms with E-state index in [1.807, 2.05) is 6.92 Å². The van der Waals surface area contributed by atoms with Gasteiger partial charge in [0.05, 0.1) is 9.97 Å². The van der Waals surface area contributed by atoms with Crippen molar-refractivity contribution < 1.29 is 9.53 Å². The van der Waals surface area contributed by atoms with Gasteiger partial charge in [0.1, 0.15) is 0 Å². The third kappa shape index (κ3) is 12.5. The standard InChI is InChI=1S/C11H20Br2O2Si/c1-2-7-10(14)15-8-5-3-4-6-9-16-11(12)13/h2,7,11H,3-6,8-9,16H2,1H3. The molecule has 5 heteroatoms. The topological polar surface area (TPSA) is 26.3 Å². The summed E-state index contributed by atoms with van der Waals surface area (Å²) in [6, 6.07) is 1.37. The van der Waals surface area contributed by atoms with Gasteiger partial charge in [0.25, 0.3) is 0 Å². The molecule has 0 saturated carbocycles. The van der Waals surface area contributed by atoms with Crippen molar-refractivity contribution >= 4 is 47.3 Å². The van der Waals surface area contributed by atoms with Crippen LogP contribution >= 0.6 is 31.9 Å². The molecule has 0 heterocycles. The first-order valence-corrected chi connectivity index (χ1v) is 9.39. The average molecular weight is 372 g/mol. The van der Waals surface area contributed by atoms with E-state index < -0.39 is 0 Å². The van der Waals surface area contributed by atoms with Crippen LogP contribution in [-0.2, 0) is 9.53 Å². The van der Waals surface area contributed by atoms with Crippen molar-refractivity contribution in [3.8, 4) is 0 Å². The monoisotopic (exact) mass is 370 g/mol. The van der Waals surface area contributed by atoms with Gasteiger partial charge >= 0.3 is 5.97 Å². The number of rotatable bonds is 9. The van der Waals surface area contributed by atoms with E-state index in [2.05, 4.69) is 31.9 Å².